The Labute approximate surface area is 109 Å². The van der Waals surface area contributed by atoms with Crippen LogP contribution in [0.3, 0.4) is 0 Å². The quantitative estimate of drug-likeness (QED) is 0.663. The first-order valence-corrected chi connectivity index (χ1v) is 6.80. The topological polar surface area (TPSA) is 22.1 Å². The van der Waals surface area contributed by atoms with Crippen molar-refractivity contribution in [2.24, 2.45) is 5.92 Å². The Hall–Kier alpha value is -0.760. The Kier molecular flexibility index (Phi) is 6.35. The van der Waals surface area contributed by atoms with E-state index in [0.717, 1.165) is 24.3 Å². The minimum Gasteiger partial charge on any atom is -0.493 e. The van der Waals surface area contributed by atoms with Crippen LogP contribution in [0.1, 0.15) is 45.1 Å². The van der Waals surface area contributed by atoms with E-state index in [1.54, 1.807) is 12.3 Å². The van der Waals surface area contributed by atoms with Gasteiger partial charge in [-0.25, -0.2) is 4.98 Å². The van der Waals surface area contributed by atoms with Crippen molar-refractivity contribution in [2.75, 3.05) is 6.61 Å². The molecule has 0 fully saturated rings. The number of hydrogen-bond donors (Lipinski definition) is 0. The molecule has 0 aliphatic heterocycles. The standard InChI is InChI=1S/C14H22ClNO/c1-4-6-7-12(5-2)10-17-13-8-14(15)16-9-11(13)3/h8-9,12H,4-7,10H2,1-3H3. The van der Waals surface area contributed by atoms with Gasteiger partial charge in [-0.05, 0) is 19.3 Å². The van der Waals surface area contributed by atoms with Gasteiger partial charge >= 0.3 is 0 Å². The molecule has 0 saturated heterocycles. The van der Waals surface area contributed by atoms with E-state index >= 15 is 0 Å². The van der Waals surface area contributed by atoms with Crippen LogP contribution < -0.4 is 4.74 Å². The number of aryl methyl sites for hydroxylation is 1. The number of unbranched alkanes of at least 4 members (excludes halogenated alkanes) is 1. The molecular formula is C14H22ClNO. The molecule has 0 radical (unpaired) electrons. The van der Waals surface area contributed by atoms with E-state index in [1.165, 1.54) is 19.3 Å². The molecule has 0 spiro atoms. The van der Waals surface area contributed by atoms with Crippen molar-refractivity contribution in [1.29, 1.82) is 0 Å². The van der Waals surface area contributed by atoms with Crippen molar-refractivity contribution in [3.8, 4) is 5.75 Å². The van der Waals surface area contributed by atoms with E-state index in [2.05, 4.69) is 18.8 Å². The van der Waals surface area contributed by atoms with E-state index in [0.29, 0.717) is 11.1 Å². The predicted octanol–water partition coefficient (Wildman–Crippen LogP) is 4.64. The van der Waals surface area contributed by atoms with Crippen molar-refractivity contribution in [1.82, 2.24) is 4.98 Å². The lowest BCUT2D eigenvalue weighted by molar-refractivity contribution is 0.232. The minimum absolute atomic E-state index is 0.493. The van der Waals surface area contributed by atoms with Gasteiger partial charge in [-0.15, -0.1) is 0 Å². The van der Waals surface area contributed by atoms with E-state index < -0.39 is 0 Å². The third-order valence-electron chi connectivity index (χ3n) is 3.04. The van der Waals surface area contributed by atoms with Crippen LogP contribution in [-0.4, -0.2) is 11.6 Å². The van der Waals surface area contributed by atoms with Crippen LogP contribution in [0.5, 0.6) is 5.75 Å². The maximum atomic E-state index is 5.86. The molecule has 1 heterocycles. The van der Waals surface area contributed by atoms with Gasteiger partial charge in [0.1, 0.15) is 10.9 Å². The molecule has 0 saturated carbocycles. The summed E-state index contributed by atoms with van der Waals surface area (Å²) in [5, 5.41) is 0.493. The summed E-state index contributed by atoms with van der Waals surface area (Å²) in [4.78, 5) is 4.02. The summed E-state index contributed by atoms with van der Waals surface area (Å²) < 4.78 is 5.84. The molecule has 1 rings (SSSR count). The Morgan fingerprint density at radius 1 is 1.41 bits per heavy atom. The molecule has 1 aromatic rings. The second-order valence-electron chi connectivity index (χ2n) is 4.50. The number of pyridine rings is 1. The van der Waals surface area contributed by atoms with Crippen LogP contribution in [-0.2, 0) is 0 Å². The van der Waals surface area contributed by atoms with Gasteiger partial charge in [-0.2, -0.15) is 0 Å². The monoisotopic (exact) mass is 255 g/mol. The molecule has 0 bridgehead atoms. The number of halogens is 1. The second kappa shape index (κ2) is 7.54. The molecule has 1 aromatic heterocycles. The summed E-state index contributed by atoms with van der Waals surface area (Å²) in [7, 11) is 0. The highest BCUT2D eigenvalue weighted by molar-refractivity contribution is 6.29. The summed E-state index contributed by atoms with van der Waals surface area (Å²) in [5.41, 5.74) is 1.04. The van der Waals surface area contributed by atoms with E-state index in [4.69, 9.17) is 16.3 Å². The van der Waals surface area contributed by atoms with Crippen molar-refractivity contribution in [3.63, 3.8) is 0 Å². The largest absolute Gasteiger partial charge is 0.493 e. The molecule has 2 nitrogen and oxygen atoms in total. The van der Waals surface area contributed by atoms with Gasteiger partial charge in [-0.1, -0.05) is 44.7 Å². The van der Waals surface area contributed by atoms with Gasteiger partial charge < -0.3 is 4.74 Å². The number of rotatable bonds is 7. The number of hydrogen-bond acceptors (Lipinski definition) is 2. The van der Waals surface area contributed by atoms with Crippen LogP contribution in [0.2, 0.25) is 5.15 Å². The molecule has 1 atom stereocenters. The fourth-order valence-electron chi connectivity index (χ4n) is 1.74. The SMILES string of the molecule is CCCCC(CC)COc1cc(Cl)ncc1C. The molecule has 1 unspecified atom stereocenters. The van der Waals surface area contributed by atoms with Crippen molar-refractivity contribution in [3.05, 3.63) is 23.0 Å². The van der Waals surface area contributed by atoms with E-state index in [1.807, 2.05) is 6.92 Å². The second-order valence-corrected chi connectivity index (χ2v) is 4.89. The van der Waals surface area contributed by atoms with Gasteiger partial charge in [0.05, 0.1) is 6.61 Å². The molecule has 0 aliphatic rings. The zero-order valence-electron chi connectivity index (χ0n) is 11.0. The molecule has 3 heteroatoms. The van der Waals surface area contributed by atoms with Crippen LogP contribution in [0.4, 0.5) is 0 Å². The fourth-order valence-corrected chi connectivity index (χ4v) is 1.89. The summed E-state index contributed by atoms with van der Waals surface area (Å²) >= 11 is 5.86. The first kappa shape index (κ1) is 14.3. The van der Waals surface area contributed by atoms with Gasteiger partial charge in [-0.3, -0.25) is 0 Å². The van der Waals surface area contributed by atoms with Gasteiger partial charge in [0.2, 0.25) is 0 Å². The molecular weight excluding hydrogens is 234 g/mol. The Morgan fingerprint density at radius 2 is 2.18 bits per heavy atom. The normalized spacial score (nSPS) is 12.5. The van der Waals surface area contributed by atoms with E-state index in [-0.39, 0.29) is 0 Å². The zero-order chi connectivity index (χ0) is 12.7. The lowest BCUT2D eigenvalue weighted by Gasteiger charge is -2.16. The Balaban J connectivity index is 2.50. The summed E-state index contributed by atoms with van der Waals surface area (Å²) in [6.07, 6.45) is 6.68. The highest BCUT2D eigenvalue weighted by Crippen LogP contribution is 2.22. The molecule has 17 heavy (non-hydrogen) atoms. The third-order valence-corrected chi connectivity index (χ3v) is 3.24. The van der Waals surface area contributed by atoms with Crippen molar-refractivity contribution < 1.29 is 4.74 Å². The van der Waals surface area contributed by atoms with Gasteiger partial charge in [0.15, 0.2) is 0 Å². The van der Waals surface area contributed by atoms with Crippen molar-refractivity contribution >= 4 is 11.6 Å². The number of ether oxygens (including phenoxy) is 1. The molecule has 0 amide bonds. The summed E-state index contributed by atoms with van der Waals surface area (Å²) in [5.74, 6) is 1.50. The van der Waals surface area contributed by atoms with Crippen LogP contribution in [0.15, 0.2) is 12.3 Å². The molecule has 96 valence electrons. The summed E-state index contributed by atoms with van der Waals surface area (Å²) in [6, 6.07) is 1.80. The third kappa shape index (κ3) is 4.95. The minimum atomic E-state index is 0.493. The molecule has 0 N–H and O–H groups in total. The predicted molar refractivity (Wildman–Crippen MR) is 72.8 cm³/mol. The average Bonchev–Trinajstić information content (AvgIpc) is 2.33. The highest BCUT2D eigenvalue weighted by Gasteiger charge is 2.08. The molecule has 0 aliphatic carbocycles. The van der Waals surface area contributed by atoms with E-state index in [9.17, 15) is 0 Å². The van der Waals surface area contributed by atoms with Crippen LogP contribution in [0, 0.1) is 12.8 Å². The number of nitrogens with zero attached hydrogens (tertiary/aromatic N) is 1. The van der Waals surface area contributed by atoms with Crippen LogP contribution >= 0.6 is 11.6 Å². The maximum absolute atomic E-state index is 5.86. The Bertz CT molecular complexity index is 341. The highest BCUT2D eigenvalue weighted by atomic mass is 35.5. The Morgan fingerprint density at radius 3 is 2.82 bits per heavy atom. The first-order valence-electron chi connectivity index (χ1n) is 6.42. The van der Waals surface area contributed by atoms with Gasteiger partial charge in [0.25, 0.3) is 0 Å². The van der Waals surface area contributed by atoms with Crippen molar-refractivity contribution in [2.45, 2.75) is 46.5 Å². The van der Waals surface area contributed by atoms with Crippen LogP contribution in [0.25, 0.3) is 0 Å². The van der Waals surface area contributed by atoms with Gasteiger partial charge in [0, 0.05) is 17.8 Å². The lowest BCUT2D eigenvalue weighted by atomic mass is 10.0. The summed E-state index contributed by atoms with van der Waals surface area (Å²) in [6.45, 7) is 7.21. The average molecular weight is 256 g/mol. The zero-order valence-corrected chi connectivity index (χ0v) is 11.8. The fraction of sp³-hybridized carbons (Fsp3) is 0.643. The molecule has 0 aromatic carbocycles. The first-order chi connectivity index (χ1) is 8.17. The number of aromatic nitrogens is 1. The smallest absolute Gasteiger partial charge is 0.132 e. The lowest BCUT2D eigenvalue weighted by Crippen LogP contribution is -2.11. The maximum Gasteiger partial charge on any atom is 0.132 e.